The van der Waals surface area contributed by atoms with Crippen LogP contribution in [0.25, 0.3) is 0 Å². The molecule has 1 heterocycles. The number of carbonyl (C=O) groups excluding carboxylic acids is 1. The highest BCUT2D eigenvalue weighted by Crippen LogP contribution is 2.12. The minimum Gasteiger partial charge on any atom is -0.481 e. The summed E-state index contributed by atoms with van der Waals surface area (Å²) in [6, 6.07) is 11.4. The molecule has 1 aromatic carbocycles. The summed E-state index contributed by atoms with van der Waals surface area (Å²) in [6.45, 7) is 6.82. The van der Waals surface area contributed by atoms with Crippen molar-refractivity contribution in [3.05, 3.63) is 30.3 Å². The Kier molecular flexibility index (Phi) is 7.53. The van der Waals surface area contributed by atoms with Crippen LogP contribution in [0.5, 0.6) is 5.75 Å². The van der Waals surface area contributed by atoms with Crippen LogP contribution in [0.1, 0.15) is 13.3 Å². The number of nitriles is 1. The highest BCUT2D eigenvalue weighted by molar-refractivity contribution is 5.81. The van der Waals surface area contributed by atoms with Gasteiger partial charge in [0.05, 0.1) is 25.7 Å². The normalized spacial score (nSPS) is 16.2. The Morgan fingerprint density at radius 2 is 2.04 bits per heavy atom. The minimum absolute atomic E-state index is 0.0811. The lowest BCUT2D eigenvalue weighted by Gasteiger charge is -2.31. The maximum atomic E-state index is 12.7. The summed E-state index contributed by atoms with van der Waals surface area (Å²) < 4.78 is 11.1. The first-order chi connectivity index (χ1) is 11.7. The van der Waals surface area contributed by atoms with Gasteiger partial charge in [0, 0.05) is 32.7 Å². The summed E-state index contributed by atoms with van der Waals surface area (Å²) in [5.41, 5.74) is 0. The van der Waals surface area contributed by atoms with Crippen LogP contribution in [0.4, 0.5) is 0 Å². The lowest BCUT2D eigenvalue weighted by atomic mass is 10.2. The Hall–Kier alpha value is -2.10. The fourth-order valence-corrected chi connectivity index (χ4v) is 2.61. The van der Waals surface area contributed by atoms with Gasteiger partial charge in [-0.15, -0.1) is 0 Å². The average molecular weight is 331 g/mol. The maximum Gasteiger partial charge on any atom is 0.263 e. The molecule has 2 rings (SSSR count). The van der Waals surface area contributed by atoms with Gasteiger partial charge in [0.25, 0.3) is 5.91 Å². The van der Waals surface area contributed by atoms with Crippen molar-refractivity contribution >= 4 is 5.91 Å². The van der Waals surface area contributed by atoms with Crippen LogP contribution in [0, 0.1) is 11.3 Å². The second-order valence-corrected chi connectivity index (χ2v) is 5.76. The Morgan fingerprint density at radius 3 is 2.71 bits per heavy atom. The maximum absolute atomic E-state index is 12.7. The lowest BCUT2D eigenvalue weighted by molar-refractivity contribution is -0.138. The van der Waals surface area contributed by atoms with E-state index in [1.54, 1.807) is 11.8 Å². The minimum atomic E-state index is -0.573. The summed E-state index contributed by atoms with van der Waals surface area (Å²) in [5, 5.41) is 8.84. The molecule has 0 N–H and O–H groups in total. The summed E-state index contributed by atoms with van der Waals surface area (Å²) in [5.74, 6) is 0.592. The molecular formula is C18H25N3O3. The van der Waals surface area contributed by atoms with Crippen molar-refractivity contribution in [1.29, 1.82) is 5.26 Å². The molecule has 6 heteroatoms. The van der Waals surface area contributed by atoms with E-state index in [-0.39, 0.29) is 5.91 Å². The van der Waals surface area contributed by atoms with E-state index in [1.165, 1.54) is 0 Å². The number of para-hydroxylation sites is 1. The van der Waals surface area contributed by atoms with Crippen molar-refractivity contribution in [3.8, 4) is 11.8 Å². The van der Waals surface area contributed by atoms with Crippen molar-refractivity contribution in [2.24, 2.45) is 0 Å². The molecule has 0 radical (unpaired) electrons. The summed E-state index contributed by atoms with van der Waals surface area (Å²) in [4.78, 5) is 16.7. The smallest absolute Gasteiger partial charge is 0.263 e. The molecule has 6 nitrogen and oxygen atoms in total. The number of rotatable bonds is 8. The molecule has 0 saturated carbocycles. The van der Waals surface area contributed by atoms with Gasteiger partial charge < -0.3 is 14.4 Å². The molecule has 24 heavy (non-hydrogen) atoms. The molecule has 1 amide bonds. The lowest BCUT2D eigenvalue weighted by Crippen LogP contribution is -2.46. The predicted octanol–water partition coefficient (Wildman–Crippen LogP) is 1.53. The third-order valence-corrected chi connectivity index (χ3v) is 4.00. The summed E-state index contributed by atoms with van der Waals surface area (Å²) in [6.07, 6.45) is -0.247. The monoisotopic (exact) mass is 331 g/mol. The zero-order valence-electron chi connectivity index (χ0n) is 14.2. The Balaban J connectivity index is 1.89. The number of benzene rings is 1. The van der Waals surface area contributed by atoms with Gasteiger partial charge in [-0.25, -0.2) is 0 Å². The molecule has 1 atom stereocenters. The van der Waals surface area contributed by atoms with Crippen LogP contribution in [-0.2, 0) is 9.53 Å². The number of ether oxygens (including phenoxy) is 2. The first-order valence-electron chi connectivity index (χ1n) is 8.38. The van der Waals surface area contributed by atoms with E-state index in [9.17, 15) is 4.79 Å². The molecule has 1 saturated heterocycles. The van der Waals surface area contributed by atoms with Gasteiger partial charge in [0.1, 0.15) is 5.75 Å². The number of hydrogen-bond donors (Lipinski definition) is 0. The second kappa shape index (κ2) is 9.91. The number of hydrogen-bond acceptors (Lipinski definition) is 5. The van der Waals surface area contributed by atoms with E-state index >= 15 is 0 Å². The highest BCUT2D eigenvalue weighted by atomic mass is 16.5. The van der Waals surface area contributed by atoms with Crippen molar-refractivity contribution in [1.82, 2.24) is 9.80 Å². The molecule has 1 unspecified atom stereocenters. The Labute approximate surface area is 143 Å². The largest absolute Gasteiger partial charge is 0.481 e. The Bertz CT molecular complexity index is 538. The van der Waals surface area contributed by atoms with Crippen molar-refractivity contribution in [2.45, 2.75) is 19.4 Å². The SMILES string of the molecule is CC(Oc1ccccc1)C(=O)N(CCC#N)CCN1CCOCC1. The average Bonchev–Trinajstić information content (AvgIpc) is 2.63. The fraction of sp³-hybridized carbons (Fsp3) is 0.556. The molecule has 1 fully saturated rings. The first-order valence-corrected chi connectivity index (χ1v) is 8.38. The number of morpholine rings is 1. The van der Waals surface area contributed by atoms with Gasteiger partial charge >= 0.3 is 0 Å². The number of amides is 1. The fourth-order valence-electron chi connectivity index (χ4n) is 2.61. The second-order valence-electron chi connectivity index (χ2n) is 5.76. The van der Waals surface area contributed by atoms with E-state index < -0.39 is 6.10 Å². The third-order valence-electron chi connectivity index (χ3n) is 4.00. The third kappa shape index (κ3) is 5.84. The molecule has 1 aliphatic rings. The van der Waals surface area contributed by atoms with Crippen LogP contribution >= 0.6 is 0 Å². The molecular weight excluding hydrogens is 306 g/mol. The molecule has 0 aromatic heterocycles. The van der Waals surface area contributed by atoms with Gasteiger partial charge in [-0.2, -0.15) is 5.26 Å². The van der Waals surface area contributed by atoms with E-state index in [0.29, 0.717) is 25.3 Å². The van der Waals surface area contributed by atoms with Crippen molar-refractivity contribution < 1.29 is 14.3 Å². The van der Waals surface area contributed by atoms with Crippen molar-refractivity contribution in [2.75, 3.05) is 45.9 Å². The summed E-state index contributed by atoms with van der Waals surface area (Å²) >= 11 is 0. The zero-order chi connectivity index (χ0) is 17.2. The van der Waals surface area contributed by atoms with Gasteiger partial charge in [0.15, 0.2) is 6.10 Å². The van der Waals surface area contributed by atoms with Gasteiger partial charge in [-0.1, -0.05) is 18.2 Å². The van der Waals surface area contributed by atoms with E-state index in [2.05, 4.69) is 11.0 Å². The Morgan fingerprint density at radius 1 is 1.33 bits per heavy atom. The highest BCUT2D eigenvalue weighted by Gasteiger charge is 2.23. The van der Waals surface area contributed by atoms with Crippen LogP contribution in [0.2, 0.25) is 0 Å². The quantitative estimate of drug-likeness (QED) is 0.723. The number of nitrogens with zero attached hydrogens (tertiary/aromatic N) is 3. The zero-order valence-corrected chi connectivity index (χ0v) is 14.2. The van der Waals surface area contributed by atoms with E-state index in [1.807, 2.05) is 30.3 Å². The van der Waals surface area contributed by atoms with Gasteiger partial charge in [0.2, 0.25) is 0 Å². The molecule has 0 aliphatic carbocycles. The van der Waals surface area contributed by atoms with Gasteiger partial charge in [-0.3, -0.25) is 9.69 Å². The molecule has 130 valence electrons. The molecule has 1 aromatic rings. The van der Waals surface area contributed by atoms with Crippen LogP contribution in [0.3, 0.4) is 0 Å². The van der Waals surface area contributed by atoms with Crippen LogP contribution < -0.4 is 4.74 Å². The topological polar surface area (TPSA) is 65.8 Å². The standard InChI is InChI=1S/C18H25N3O3/c1-16(24-17-6-3-2-4-7-17)18(22)21(9-5-8-19)11-10-20-12-14-23-15-13-20/h2-4,6-7,16H,5,9-15H2,1H3. The molecule has 1 aliphatic heterocycles. The molecule has 0 spiro atoms. The first kappa shape index (κ1) is 18.2. The number of carbonyl (C=O) groups is 1. The van der Waals surface area contributed by atoms with Gasteiger partial charge in [-0.05, 0) is 19.1 Å². The van der Waals surface area contributed by atoms with Crippen molar-refractivity contribution in [3.63, 3.8) is 0 Å². The van der Waals surface area contributed by atoms with E-state index in [0.717, 1.165) is 32.8 Å². The molecule has 0 bridgehead atoms. The summed E-state index contributed by atoms with van der Waals surface area (Å²) in [7, 11) is 0. The van der Waals surface area contributed by atoms with Crippen LogP contribution in [0.15, 0.2) is 30.3 Å². The van der Waals surface area contributed by atoms with E-state index in [4.69, 9.17) is 14.7 Å². The van der Waals surface area contributed by atoms with Crippen LogP contribution in [-0.4, -0.2) is 67.7 Å². The predicted molar refractivity (Wildman–Crippen MR) is 90.6 cm³/mol.